The van der Waals surface area contributed by atoms with E-state index in [0.717, 1.165) is 12.0 Å². The Labute approximate surface area is 123 Å². The first-order valence-electron chi connectivity index (χ1n) is 8.37. The smallest absolute Gasteiger partial charge is 0.0219 e. The van der Waals surface area contributed by atoms with Gasteiger partial charge in [-0.05, 0) is 30.4 Å². The molecule has 1 heterocycles. The Kier molecular flexibility index (Phi) is 4.42. The molecule has 2 heteroatoms. The van der Waals surface area contributed by atoms with Crippen LogP contribution in [0.2, 0.25) is 0 Å². The van der Waals surface area contributed by atoms with Gasteiger partial charge in [0, 0.05) is 37.6 Å². The van der Waals surface area contributed by atoms with Crippen molar-refractivity contribution in [3.63, 3.8) is 0 Å². The van der Waals surface area contributed by atoms with E-state index in [4.69, 9.17) is 0 Å². The molecule has 0 aromatic heterocycles. The van der Waals surface area contributed by atoms with E-state index in [-0.39, 0.29) is 0 Å². The second-order valence-electron chi connectivity index (χ2n) is 6.51. The van der Waals surface area contributed by atoms with Crippen molar-refractivity contribution >= 4 is 0 Å². The molecule has 0 spiro atoms. The van der Waals surface area contributed by atoms with Gasteiger partial charge < -0.3 is 5.32 Å². The summed E-state index contributed by atoms with van der Waals surface area (Å²) in [5.41, 5.74) is 3.18. The Hall–Kier alpha value is -0.860. The van der Waals surface area contributed by atoms with Crippen LogP contribution in [0.3, 0.4) is 0 Å². The van der Waals surface area contributed by atoms with Crippen molar-refractivity contribution in [1.29, 1.82) is 0 Å². The Morgan fingerprint density at radius 2 is 2.10 bits per heavy atom. The molecular formula is C18H28N2. The summed E-state index contributed by atoms with van der Waals surface area (Å²) in [6.07, 6.45) is 5.15. The molecule has 1 aromatic rings. The first-order valence-corrected chi connectivity index (χ1v) is 8.37. The molecule has 3 rings (SSSR count). The number of piperazine rings is 1. The largest absolute Gasteiger partial charge is 0.311 e. The van der Waals surface area contributed by atoms with Crippen LogP contribution in [-0.2, 0) is 6.42 Å². The number of nitrogens with zero attached hydrogens (tertiary/aromatic N) is 1. The fourth-order valence-corrected chi connectivity index (χ4v) is 3.91. The molecule has 1 aromatic carbocycles. The molecule has 3 atom stereocenters. The van der Waals surface area contributed by atoms with Gasteiger partial charge in [-0.2, -0.15) is 0 Å². The highest BCUT2D eigenvalue weighted by Crippen LogP contribution is 2.36. The highest BCUT2D eigenvalue weighted by atomic mass is 15.2. The van der Waals surface area contributed by atoms with E-state index in [2.05, 4.69) is 48.3 Å². The number of rotatable bonds is 5. The highest BCUT2D eigenvalue weighted by molar-refractivity contribution is 5.40. The molecule has 0 amide bonds. The van der Waals surface area contributed by atoms with Gasteiger partial charge in [0.1, 0.15) is 0 Å². The Morgan fingerprint density at radius 3 is 2.85 bits per heavy atom. The fraction of sp³-hybridized carbons (Fsp3) is 0.667. The molecule has 1 fully saturated rings. The Bertz CT molecular complexity index is 443. The molecule has 1 aliphatic carbocycles. The number of hydrogen-bond donors (Lipinski definition) is 1. The van der Waals surface area contributed by atoms with Crippen molar-refractivity contribution in [2.45, 2.75) is 57.5 Å². The van der Waals surface area contributed by atoms with E-state index in [1.165, 1.54) is 45.3 Å². The molecular weight excluding hydrogens is 244 g/mol. The average molecular weight is 272 g/mol. The zero-order valence-electron chi connectivity index (χ0n) is 12.9. The van der Waals surface area contributed by atoms with Crippen molar-refractivity contribution in [1.82, 2.24) is 10.2 Å². The van der Waals surface area contributed by atoms with Gasteiger partial charge >= 0.3 is 0 Å². The van der Waals surface area contributed by atoms with Gasteiger partial charge in [0.2, 0.25) is 0 Å². The van der Waals surface area contributed by atoms with Crippen LogP contribution in [0, 0.1) is 0 Å². The summed E-state index contributed by atoms with van der Waals surface area (Å²) in [4.78, 5) is 2.76. The normalized spacial score (nSPS) is 29.8. The monoisotopic (exact) mass is 272 g/mol. The van der Waals surface area contributed by atoms with Crippen LogP contribution in [0.15, 0.2) is 24.3 Å². The highest BCUT2D eigenvalue weighted by Gasteiger charge is 2.32. The van der Waals surface area contributed by atoms with Gasteiger partial charge in [-0.3, -0.25) is 4.90 Å². The van der Waals surface area contributed by atoms with E-state index >= 15 is 0 Å². The van der Waals surface area contributed by atoms with Gasteiger partial charge in [0.25, 0.3) is 0 Å². The molecule has 2 aliphatic rings. The van der Waals surface area contributed by atoms with E-state index in [9.17, 15) is 0 Å². The van der Waals surface area contributed by atoms with E-state index < -0.39 is 0 Å². The third kappa shape index (κ3) is 2.77. The molecule has 1 N–H and O–H groups in total. The quantitative estimate of drug-likeness (QED) is 0.885. The average Bonchev–Trinajstić information content (AvgIpc) is 2.45. The fourth-order valence-electron chi connectivity index (χ4n) is 3.91. The summed E-state index contributed by atoms with van der Waals surface area (Å²) in [7, 11) is 0. The van der Waals surface area contributed by atoms with Crippen LogP contribution < -0.4 is 5.32 Å². The third-order valence-corrected chi connectivity index (χ3v) is 5.14. The minimum atomic E-state index is 0.707. The van der Waals surface area contributed by atoms with Gasteiger partial charge in [0.05, 0.1) is 0 Å². The van der Waals surface area contributed by atoms with Crippen LogP contribution in [-0.4, -0.2) is 36.6 Å². The maximum absolute atomic E-state index is 3.74. The van der Waals surface area contributed by atoms with Crippen molar-refractivity contribution < 1.29 is 0 Å². The lowest BCUT2D eigenvalue weighted by atomic mass is 9.77. The summed E-state index contributed by atoms with van der Waals surface area (Å²) in [5, 5.41) is 3.74. The maximum atomic E-state index is 3.74. The van der Waals surface area contributed by atoms with E-state index in [0.29, 0.717) is 6.04 Å². The van der Waals surface area contributed by atoms with Crippen LogP contribution in [0.25, 0.3) is 0 Å². The predicted molar refractivity (Wildman–Crippen MR) is 85.2 cm³/mol. The molecule has 110 valence electrons. The summed E-state index contributed by atoms with van der Waals surface area (Å²) < 4.78 is 0. The first-order chi connectivity index (χ1) is 9.81. The molecule has 0 saturated carbocycles. The lowest BCUT2D eigenvalue weighted by Gasteiger charge is -2.44. The third-order valence-electron chi connectivity index (χ3n) is 5.14. The SMILES string of the molecule is CCCC1CN(CC2Cc3ccccc32)C(CC)CN1. The molecule has 20 heavy (non-hydrogen) atoms. The zero-order valence-corrected chi connectivity index (χ0v) is 12.9. The number of benzene rings is 1. The zero-order chi connectivity index (χ0) is 13.9. The van der Waals surface area contributed by atoms with E-state index in [1.54, 1.807) is 11.1 Å². The van der Waals surface area contributed by atoms with Crippen LogP contribution in [0.4, 0.5) is 0 Å². The van der Waals surface area contributed by atoms with Gasteiger partial charge in [0.15, 0.2) is 0 Å². The molecule has 3 unspecified atom stereocenters. The second kappa shape index (κ2) is 6.28. The lowest BCUT2D eigenvalue weighted by Crippen LogP contribution is -2.57. The van der Waals surface area contributed by atoms with Crippen molar-refractivity contribution in [2.75, 3.05) is 19.6 Å². The summed E-state index contributed by atoms with van der Waals surface area (Å²) in [6, 6.07) is 10.4. The molecule has 1 aliphatic heterocycles. The molecule has 1 saturated heterocycles. The standard InChI is InChI=1S/C18H28N2/c1-3-7-16-13-20(17(4-2)11-19-16)12-15-10-14-8-5-6-9-18(14)15/h5-6,8-9,15-17,19H,3-4,7,10-13H2,1-2H3. The van der Waals surface area contributed by atoms with Crippen molar-refractivity contribution in [3.05, 3.63) is 35.4 Å². The van der Waals surface area contributed by atoms with Crippen LogP contribution in [0.5, 0.6) is 0 Å². The molecule has 0 bridgehead atoms. The number of fused-ring (bicyclic) bond motifs is 1. The maximum Gasteiger partial charge on any atom is 0.0219 e. The lowest BCUT2D eigenvalue weighted by molar-refractivity contribution is 0.112. The van der Waals surface area contributed by atoms with E-state index in [1.807, 2.05) is 0 Å². The minimum absolute atomic E-state index is 0.707. The summed E-state index contributed by atoms with van der Waals surface area (Å²) in [6.45, 7) is 8.30. The van der Waals surface area contributed by atoms with Gasteiger partial charge in [-0.15, -0.1) is 0 Å². The Balaban J connectivity index is 1.63. The van der Waals surface area contributed by atoms with Gasteiger partial charge in [-0.25, -0.2) is 0 Å². The minimum Gasteiger partial charge on any atom is -0.311 e. The van der Waals surface area contributed by atoms with Crippen LogP contribution >= 0.6 is 0 Å². The number of nitrogens with one attached hydrogen (secondary N) is 1. The predicted octanol–water partition coefficient (Wildman–Crippen LogP) is 3.18. The Morgan fingerprint density at radius 1 is 1.25 bits per heavy atom. The topological polar surface area (TPSA) is 15.3 Å². The molecule has 0 radical (unpaired) electrons. The first kappa shape index (κ1) is 14.1. The molecule has 2 nitrogen and oxygen atoms in total. The van der Waals surface area contributed by atoms with Crippen molar-refractivity contribution in [2.24, 2.45) is 0 Å². The van der Waals surface area contributed by atoms with Crippen molar-refractivity contribution in [3.8, 4) is 0 Å². The number of hydrogen-bond acceptors (Lipinski definition) is 2. The summed E-state index contributed by atoms with van der Waals surface area (Å²) >= 11 is 0. The van der Waals surface area contributed by atoms with Gasteiger partial charge in [-0.1, -0.05) is 44.5 Å². The second-order valence-corrected chi connectivity index (χ2v) is 6.51. The summed E-state index contributed by atoms with van der Waals surface area (Å²) in [5.74, 6) is 0.778. The van der Waals surface area contributed by atoms with Crippen LogP contribution in [0.1, 0.15) is 50.2 Å².